The van der Waals surface area contributed by atoms with E-state index in [0.29, 0.717) is 22.9 Å². The number of anilines is 1. The van der Waals surface area contributed by atoms with Gasteiger partial charge in [-0.05, 0) is 62.5 Å². The first kappa shape index (κ1) is 19.1. The Morgan fingerprint density at radius 2 is 1.67 bits per heavy atom. The molecular weight excluding hydrogens is 300 g/mol. The van der Waals surface area contributed by atoms with Gasteiger partial charge in [-0.1, -0.05) is 24.8 Å². The molecule has 0 unspecified atom stereocenters. The molecule has 0 heterocycles. The third-order valence-electron chi connectivity index (χ3n) is 2.77. The van der Waals surface area contributed by atoms with E-state index in [0.717, 1.165) is 5.75 Å². The van der Waals surface area contributed by atoms with Crippen molar-refractivity contribution in [2.24, 2.45) is 5.73 Å². The lowest BCUT2D eigenvalue weighted by Crippen LogP contribution is -1.92. The molecule has 2 aromatic rings. The van der Waals surface area contributed by atoms with Gasteiger partial charge in [0.1, 0.15) is 23.0 Å². The van der Waals surface area contributed by atoms with Gasteiger partial charge >= 0.3 is 0 Å². The molecule has 0 fully saturated rings. The largest absolute Gasteiger partial charge is 0.457 e. The van der Waals surface area contributed by atoms with Crippen molar-refractivity contribution in [2.45, 2.75) is 6.92 Å². The van der Waals surface area contributed by atoms with Crippen LogP contribution < -0.4 is 20.9 Å². The molecule has 4 nitrogen and oxygen atoms in total. The summed E-state index contributed by atoms with van der Waals surface area (Å²) in [5.74, 6) is 2.82. The van der Waals surface area contributed by atoms with E-state index in [4.69, 9.17) is 15.2 Å². The Kier molecular flexibility index (Phi) is 8.50. The predicted octanol–water partition coefficient (Wildman–Crippen LogP) is 4.66. The zero-order valence-electron chi connectivity index (χ0n) is 14.1. The minimum Gasteiger partial charge on any atom is -0.457 e. The molecule has 4 heteroatoms. The van der Waals surface area contributed by atoms with Crippen LogP contribution in [0.5, 0.6) is 17.2 Å². The number of hydrogen-bond donors (Lipinski definition) is 2. The lowest BCUT2D eigenvalue weighted by atomic mass is 10.3. The lowest BCUT2D eigenvalue weighted by Gasteiger charge is -2.09. The second-order valence-corrected chi connectivity index (χ2v) is 4.55. The zero-order chi connectivity index (χ0) is 17.8. The van der Waals surface area contributed by atoms with E-state index < -0.39 is 0 Å². The summed E-state index contributed by atoms with van der Waals surface area (Å²) >= 11 is 0. The maximum absolute atomic E-state index is 5.80. The molecule has 0 saturated carbocycles. The van der Waals surface area contributed by atoms with Gasteiger partial charge < -0.3 is 20.9 Å². The van der Waals surface area contributed by atoms with E-state index in [9.17, 15) is 0 Å². The molecule has 24 heavy (non-hydrogen) atoms. The minimum atomic E-state index is 0.694. The van der Waals surface area contributed by atoms with Gasteiger partial charge in [-0.25, -0.2) is 0 Å². The maximum Gasteiger partial charge on any atom is 0.131 e. The second-order valence-electron chi connectivity index (χ2n) is 4.55. The quantitative estimate of drug-likeness (QED) is 0.460. The van der Waals surface area contributed by atoms with Crippen LogP contribution in [-0.4, -0.2) is 7.05 Å². The number of nitrogen functional groups attached to an aromatic ring is 1. The van der Waals surface area contributed by atoms with Crippen molar-refractivity contribution in [3.05, 3.63) is 85.2 Å². The highest BCUT2D eigenvalue weighted by atomic mass is 16.5. The Morgan fingerprint density at radius 1 is 1.00 bits per heavy atom. The fourth-order valence-corrected chi connectivity index (χ4v) is 1.81. The van der Waals surface area contributed by atoms with Gasteiger partial charge in [0.15, 0.2) is 0 Å². The van der Waals surface area contributed by atoms with Crippen molar-refractivity contribution in [3.63, 3.8) is 0 Å². The van der Waals surface area contributed by atoms with Crippen molar-refractivity contribution in [1.29, 1.82) is 0 Å². The summed E-state index contributed by atoms with van der Waals surface area (Å²) in [7, 11) is 1.50. The first-order chi connectivity index (χ1) is 11.7. The summed E-state index contributed by atoms with van der Waals surface area (Å²) in [6, 6.07) is 14.7. The van der Waals surface area contributed by atoms with E-state index in [1.165, 1.54) is 7.05 Å². The summed E-state index contributed by atoms with van der Waals surface area (Å²) in [6.07, 6.45) is 7.26. The second kappa shape index (κ2) is 10.7. The predicted molar refractivity (Wildman–Crippen MR) is 101 cm³/mol. The Balaban J connectivity index is 0.00000139. The average molecular weight is 324 g/mol. The first-order valence-electron chi connectivity index (χ1n) is 7.55. The van der Waals surface area contributed by atoms with Crippen LogP contribution in [0.4, 0.5) is 5.69 Å². The molecular formula is C20H24N2O2. The highest BCUT2D eigenvalue weighted by Gasteiger charge is 2.01. The molecule has 0 amide bonds. The highest BCUT2D eigenvalue weighted by molar-refractivity contribution is 5.44. The molecule has 0 radical (unpaired) electrons. The molecule has 0 saturated heterocycles. The number of benzene rings is 2. The summed E-state index contributed by atoms with van der Waals surface area (Å²) in [5.41, 5.74) is 10.9. The van der Waals surface area contributed by atoms with Crippen LogP contribution in [0.1, 0.15) is 6.92 Å². The minimum absolute atomic E-state index is 0.694. The highest BCUT2D eigenvalue weighted by Crippen LogP contribution is 2.26. The number of allylic oxidation sites excluding steroid dienone is 4. The van der Waals surface area contributed by atoms with E-state index in [2.05, 4.69) is 12.3 Å². The molecule has 0 aromatic heterocycles. The fourth-order valence-electron chi connectivity index (χ4n) is 1.81. The lowest BCUT2D eigenvalue weighted by molar-refractivity contribution is 0.435. The molecule has 0 bridgehead atoms. The van der Waals surface area contributed by atoms with Crippen LogP contribution in [0.3, 0.4) is 0 Å². The van der Waals surface area contributed by atoms with Crippen molar-refractivity contribution in [1.82, 2.24) is 0 Å². The van der Waals surface area contributed by atoms with Crippen LogP contribution in [0, 0.1) is 0 Å². The van der Waals surface area contributed by atoms with Crippen LogP contribution in [-0.2, 0) is 0 Å². The first-order valence-corrected chi connectivity index (χ1v) is 7.55. The van der Waals surface area contributed by atoms with Crippen LogP contribution in [0.25, 0.3) is 0 Å². The molecule has 4 N–H and O–H groups in total. The van der Waals surface area contributed by atoms with Gasteiger partial charge in [0.05, 0.1) is 0 Å². The van der Waals surface area contributed by atoms with Gasteiger partial charge in [-0.15, -0.1) is 0 Å². The Hall–Kier alpha value is -2.98. The Labute approximate surface area is 143 Å². The topological polar surface area (TPSA) is 70.5 Å². The molecule has 0 aliphatic carbocycles. The van der Waals surface area contributed by atoms with Gasteiger partial charge in [0.2, 0.25) is 0 Å². The van der Waals surface area contributed by atoms with E-state index in [-0.39, 0.29) is 0 Å². The summed E-state index contributed by atoms with van der Waals surface area (Å²) < 4.78 is 11.6. The number of ether oxygens (including phenoxy) is 2. The third kappa shape index (κ3) is 6.42. The molecule has 126 valence electrons. The summed E-state index contributed by atoms with van der Waals surface area (Å²) in [5, 5.41) is 0. The molecule has 0 aliphatic heterocycles. The SMILES string of the molecule is C=C/C=C(\C=C/C)Oc1cccc(Oc2ccc(N)cc2)c1.CN. The van der Waals surface area contributed by atoms with E-state index in [1.54, 1.807) is 24.3 Å². The molecule has 0 atom stereocenters. The number of nitrogens with two attached hydrogens (primary N) is 2. The monoisotopic (exact) mass is 324 g/mol. The Morgan fingerprint density at radius 3 is 2.29 bits per heavy atom. The molecule has 0 aliphatic rings. The van der Waals surface area contributed by atoms with Crippen molar-refractivity contribution >= 4 is 5.69 Å². The van der Waals surface area contributed by atoms with Gasteiger partial charge in [0, 0.05) is 11.8 Å². The fraction of sp³-hybridized carbons (Fsp3) is 0.100. The van der Waals surface area contributed by atoms with Gasteiger partial charge in [0.25, 0.3) is 0 Å². The van der Waals surface area contributed by atoms with Crippen molar-refractivity contribution in [2.75, 3.05) is 12.8 Å². The zero-order valence-corrected chi connectivity index (χ0v) is 14.1. The molecule has 0 spiro atoms. The number of rotatable bonds is 6. The van der Waals surface area contributed by atoms with Crippen molar-refractivity contribution < 1.29 is 9.47 Å². The van der Waals surface area contributed by atoms with Crippen LogP contribution in [0.15, 0.2) is 85.2 Å². The Bertz CT molecular complexity index is 689. The summed E-state index contributed by atoms with van der Waals surface area (Å²) in [4.78, 5) is 0. The van der Waals surface area contributed by atoms with E-state index >= 15 is 0 Å². The maximum atomic E-state index is 5.80. The molecule has 2 rings (SSSR count). The average Bonchev–Trinajstić information content (AvgIpc) is 2.60. The van der Waals surface area contributed by atoms with Gasteiger partial charge in [-0.3, -0.25) is 0 Å². The third-order valence-corrected chi connectivity index (χ3v) is 2.77. The molecule has 2 aromatic carbocycles. The van der Waals surface area contributed by atoms with E-state index in [1.807, 2.05) is 55.5 Å². The summed E-state index contributed by atoms with van der Waals surface area (Å²) in [6.45, 7) is 5.61. The number of hydrogen-bond acceptors (Lipinski definition) is 4. The standard InChI is InChI=1S/C19H19NO2.CH5N/c1-3-6-16(7-4-2)21-18-8-5-9-19(14-18)22-17-12-10-15(20)11-13-17;1-2/h3-14H,1,20H2,2H3;2H2,1H3/b7-4-,16-6+;. The van der Waals surface area contributed by atoms with Crippen molar-refractivity contribution in [3.8, 4) is 17.2 Å². The van der Waals surface area contributed by atoms with Crippen LogP contribution >= 0.6 is 0 Å². The van der Waals surface area contributed by atoms with Gasteiger partial charge in [-0.2, -0.15) is 0 Å². The van der Waals surface area contributed by atoms with Crippen LogP contribution in [0.2, 0.25) is 0 Å². The smallest absolute Gasteiger partial charge is 0.131 e. The normalized spacial score (nSPS) is 10.7.